The second kappa shape index (κ2) is 9.53. The average molecular weight is 469 g/mol. The highest BCUT2D eigenvalue weighted by molar-refractivity contribution is 7.86. The number of halogens is 1. The lowest BCUT2D eigenvalue weighted by atomic mass is 9.76. The van der Waals surface area contributed by atoms with Crippen LogP contribution in [0.1, 0.15) is 47.1 Å². The van der Waals surface area contributed by atoms with Gasteiger partial charge in [0.15, 0.2) is 0 Å². The summed E-state index contributed by atoms with van der Waals surface area (Å²) in [6.45, 7) is 5.59. The molecule has 1 fully saturated rings. The smallest absolute Gasteiger partial charge is 0.213 e. The summed E-state index contributed by atoms with van der Waals surface area (Å²) in [5.41, 5.74) is 3.12. The Labute approximate surface area is 195 Å². The minimum atomic E-state index is -1.55. The average Bonchev–Trinajstić information content (AvgIpc) is 2.80. The van der Waals surface area contributed by atoms with Gasteiger partial charge < -0.3 is 9.46 Å². The molecule has 1 aromatic heterocycles. The molecule has 1 unspecified atom stereocenters. The Balaban J connectivity index is 1.56. The molecule has 4 rings (SSSR count). The third-order valence-corrected chi connectivity index (χ3v) is 7.25. The van der Waals surface area contributed by atoms with E-state index < -0.39 is 11.0 Å². The lowest BCUT2D eigenvalue weighted by Gasteiger charge is -2.34. The van der Waals surface area contributed by atoms with Crippen LogP contribution < -0.4 is 4.72 Å². The van der Waals surface area contributed by atoms with Gasteiger partial charge in [0.25, 0.3) is 0 Å². The number of anilines is 1. The Bertz CT molecular complexity index is 1160. The number of nitrogens with one attached hydrogen (secondary N) is 1. The molecule has 3 aromatic rings. The van der Waals surface area contributed by atoms with Gasteiger partial charge in [-0.3, -0.25) is 4.79 Å². The predicted octanol–water partition coefficient (Wildman–Crippen LogP) is 5.48. The van der Waals surface area contributed by atoms with Crippen molar-refractivity contribution in [2.24, 2.45) is 0 Å². The Hall–Kier alpha value is -2.54. The van der Waals surface area contributed by atoms with Crippen LogP contribution in [0.2, 0.25) is 5.02 Å². The molecule has 5 nitrogen and oxygen atoms in total. The molecule has 1 atom stereocenters. The molecule has 166 valence electrons. The molecule has 0 saturated carbocycles. The van der Waals surface area contributed by atoms with Gasteiger partial charge in [-0.1, -0.05) is 36.7 Å². The first-order chi connectivity index (χ1) is 15.4. The van der Waals surface area contributed by atoms with Gasteiger partial charge in [0.2, 0.25) is 5.78 Å². The first kappa shape index (κ1) is 22.6. The molecule has 2 heterocycles. The first-order valence-corrected chi connectivity index (χ1v) is 12.0. The number of aryl methyl sites for hydroxylation is 1. The maximum atomic E-state index is 13.1. The molecular weight excluding hydrogens is 444 g/mol. The van der Waals surface area contributed by atoms with E-state index in [2.05, 4.69) is 16.6 Å². The molecule has 2 aromatic carbocycles. The number of nitrogens with zero attached hydrogens (tertiary/aromatic N) is 1. The number of hydrogen-bond acceptors (Lipinski definition) is 4. The van der Waals surface area contributed by atoms with Crippen LogP contribution in [0.25, 0.3) is 0 Å². The van der Waals surface area contributed by atoms with E-state index in [9.17, 15) is 9.00 Å². The van der Waals surface area contributed by atoms with Gasteiger partial charge in [-0.2, -0.15) is 0 Å². The van der Waals surface area contributed by atoms with Gasteiger partial charge >= 0.3 is 0 Å². The van der Waals surface area contributed by atoms with E-state index in [1.54, 1.807) is 30.3 Å². The number of ketones is 1. The van der Waals surface area contributed by atoms with Crippen LogP contribution in [-0.4, -0.2) is 28.2 Å². The number of carbonyl (C=O) groups is 1. The van der Waals surface area contributed by atoms with Crippen molar-refractivity contribution in [3.63, 3.8) is 0 Å². The normalized spacial score (nSPS) is 16.3. The highest BCUT2D eigenvalue weighted by atomic mass is 35.5. The summed E-state index contributed by atoms with van der Waals surface area (Å²) in [5.74, 6) is -0.279. The Kier molecular flexibility index (Phi) is 6.74. The molecule has 1 N–H and O–H groups in total. The van der Waals surface area contributed by atoms with Crippen LogP contribution in [0.15, 0.2) is 65.6 Å². The zero-order chi connectivity index (χ0) is 22.7. The number of aromatic nitrogens is 1. The molecule has 0 amide bonds. The molecular formula is C25H25ClN2O3S. The van der Waals surface area contributed by atoms with E-state index in [4.69, 9.17) is 16.3 Å². The van der Waals surface area contributed by atoms with E-state index in [1.807, 2.05) is 37.3 Å². The minimum Gasteiger partial charge on any atom is -0.381 e. The molecule has 0 aliphatic carbocycles. The third kappa shape index (κ3) is 4.93. The number of benzene rings is 2. The fourth-order valence-corrected chi connectivity index (χ4v) is 4.90. The van der Waals surface area contributed by atoms with Crippen molar-refractivity contribution in [1.82, 2.24) is 4.98 Å². The van der Waals surface area contributed by atoms with Crippen molar-refractivity contribution >= 4 is 34.1 Å². The molecule has 32 heavy (non-hydrogen) atoms. The van der Waals surface area contributed by atoms with Crippen LogP contribution >= 0.6 is 11.6 Å². The van der Waals surface area contributed by atoms with Crippen LogP contribution in [0, 0.1) is 6.92 Å². The minimum absolute atomic E-state index is 0.0717. The Morgan fingerprint density at radius 3 is 2.50 bits per heavy atom. The molecule has 7 heteroatoms. The summed E-state index contributed by atoms with van der Waals surface area (Å²) in [6, 6.07) is 18.0. The van der Waals surface area contributed by atoms with E-state index in [-0.39, 0.29) is 11.2 Å². The summed E-state index contributed by atoms with van der Waals surface area (Å²) >= 11 is 6.15. The van der Waals surface area contributed by atoms with E-state index >= 15 is 0 Å². The topological polar surface area (TPSA) is 68.3 Å². The Morgan fingerprint density at radius 2 is 1.81 bits per heavy atom. The highest BCUT2D eigenvalue weighted by Crippen LogP contribution is 2.34. The number of pyridine rings is 1. The number of ether oxygens (including phenoxy) is 1. The molecule has 1 aliphatic rings. The van der Waals surface area contributed by atoms with Crippen LogP contribution in [-0.2, 0) is 21.1 Å². The van der Waals surface area contributed by atoms with Crippen molar-refractivity contribution in [3.05, 3.63) is 88.2 Å². The zero-order valence-corrected chi connectivity index (χ0v) is 19.6. The van der Waals surface area contributed by atoms with E-state index in [1.165, 1.54) is 5.56 Å². The summed E-state index contributed by atoms with van der Waals surface area (Å²) in [7, 11) is -1.55. The lowest BCUT2D eigenvalue weighted by Crippen LogP contribution is -2.30. The summed E-state index contributed by atoms with van der Waals surface area (Å²) < 4.78 is 21.5. The van der Waals surface area contributed by atoms with E-state index in [0.717, 1.165) is 31.7 Å². The van der Waals surface area contributed by atoms with Crippen LogP contribution in [0.4, 0.5) is 5.69 Å². The summed E-state index contributed by atoms with van der Waals surface area (Å²) in [4.78, 5) is 18.0. The highest BCUT2D eigenvalue weighted by Gasteiger charge is 2.29. The molecule has 0 radical (unpaired) electrons. The monoisotopic (exact) mass is 468 g/mol. The van der Waals surface area contributed by atoms with Gasteiger partial charge in [0.1, 0.15) is 16.7 Å². The van der Waals surface area contributed by atoms with Crippen molar-refractivity contribution in [2.75, 3.05) is 17.9 Å². The van der Waals surface area contributed by atoms with Crippen molar-refractivity contribution in [2.45, 2.75) is 37.0 Å². The summed E-state index contributed by atoms with van der Waals surface area (Å²) in [6.07, 6.45) is 1.94. The Morgan fingerprint density at radius 1 is 1.09 bits per heavy atom. The molecule has 0 spiro atoms. The SMILES string of the molecule is Cc1cccc(C(=O)c2cc(Cl)ccc2NS(=O)c2ccc(C3(C)CCOCC3)cc2)n1. The maximum Gasteiger partial charge on any atom is 0.213 e. The fourth-order valence-electron chi connectivity index (χ4n) is 3.85. The maximum absolute atomic E-state index is 13.1. The number of rotatable bonds is 6. The second-order valence-corrected chi connectivity index (χ2v) is 9.90. The second-order valence-electron chi connectivity index (χ2n) is 8.25. The first-order valence-electron chi connectivity index (χ1n) is 10.5. The molecule has 0 bridgehead atoms. The van der Waals surface area contributed by atoms with Crippen LogP contribution in [0.5, 0.6) is 0 Å². The zero-order valence-electron chi connectivity index (χ0n) is 18.1. The standard InChI is InChI=1S/C25H25ClN2O3S/c1-17-4-3-5-23(27-17)24(29)21-16-19(26)8-11-22(21)28-32(30)20-9-6-18(7-10-20)25(2)12-14-31-15-13-25/h3-11,16,28H,12-15H2,1-2H3. The van der Waals surface area contributed by atoms with E-state index in [0.29, 0.717) is 26.9 Å². The fraction of sp³-hybridized carbons (Fsp3) is 0.280. The van der Waals surface area contributed by atoms with Gasteiger partial charge in [0.05, 0.1) is 10.6 Å². The molecule has 1 saturated heterocycles. The van der Waals surface area contributed by atoms with Crippen molar-refractivity contribution < 1.29 is 13.7 Å². The van der Waals surface area contributed by atoms with Crippen LogP contribution in [0.3, 0.4) is 0 Å². The van der Waals surface area contributed by atoms with Gasteiger partial charge in [0, 0.05) is 29.5 Å². The largest absolute Gasteiger partial charge is 0.381 e. The van der Waals surface area contributed by atoms with Gasteiger partial charge in [-0.15, -0.1) is 0 Å². The van der Waals surface area contributed by atoms with Crippen molar-refractivity contribution in [1.29, 1.82) is 0 Å². The molecule has 1 aliphatic heterocycles. The van der Waals surface area contributed by atoms with Gasteiger partial charge in [-0.25, -0.2) is 9.19 Å². The summed E-state index contributed by atoms with van der Waals surface area (Å²) in [5, 5.41) is 0.423. The lowest BCUT2D eigenvalue weighted by molar-refractivity contribution is 0.0564. The predicted molar refractivity (Wildman–Crippen MR) is 128 cm³/mol. The number of hydrogen-bond donors (Lipinski definition) is 1. The quantitative estimate of drug-likeness (QED) is 0.486. The van der Waals surface area contributed by atoms with Gasteiger partial charge in [-0.05, 0) is 73.2 Å². The third-order valence-electron chi connectivity index (χ3n) is 5.91. The number of carbonyl (C=O) groups excluding carboxylic acids is 1. The van der Waals surface area contributed by atoms with Crippen molar-refractivity contribution in [3.8, 4) is 0 Å².